The summed E-state index contributed by atoms with van der Waals surface area (Å²) in [6.45, 7) is 7.32. The number of amides is 2. The van der Waals surface area contributed by atoms with Gasteiger partial charge >= 0.3 is 0 Å². The number of H-pyrrole nitrogens is 1. The second kappa shape index (κ2) is 8.45. The third kappa shape index (κ3) is 4.66. The van der Waals surface area contributed by atoms with Gasteiger partial charge in [-0.15, -0.1) is 0 Å². The number of halogens is 1. The van der Waals surface area contributed by atoms with Gasteiger partial charge in [-0.1, -0.05) is 11.6 Å². The smallest absolute Gasteiger partial charge is 0.244 e. The number of aromatic amines is 1. The summed E-state index contributed by atoms with van der Waals surface area (Å²) in [6.07, 6.45) is 3.47. The number of nitrogens with one attached hydrogen (secondary N) is 3. The van der Waals surface area contributed by atoms with Crippen LogP contribution in [0.5, 0.6) is 0 Å². The number of fused-ring (bicyclic) bond motifs is 3. The fourth-order valence-corrected chi connectivity index (χ4v) is 4.26. The van der Waals surface area contributed by atoms with Crippen molar-refractivity contribution in [2.45, 2.75) is 32.4 Å². The average molecular weight is 444 g/mol. The van der Waals surface area contributed by atoms with Crippen LogP contribution in [0.3, 0.4) is 0 Å². The summed E-state index contributed by atoms with van der Waals surface area (Å²) in [4.78, 5) is 34.0. The van der Waals surface area contributed by atoms with E-state index in [4.69, 9.17) is 16.3 Å². The number of ether oxygens (including phenoxy) is 1. The van der Waals surface area contributed by atoms with Gasteiger partial charge in [-0.3, -0.25) is 19.5 Å². The van der Waals surface area contributed by atoms with Crippen molar-refractivity contribution in [1.29, 1.82) is 0 Å². The molecule has 1 aliphatic rings. The number of nitrogens with zero attached hydrogens (tertiary/aromatic N) is 2. The SMILES string of the molecule is CC(=O)NCCN1CC(C)(C)OC[C@H]1C(=O)Nc1cc(Cl)cc2c1[nH]c1cnccc12. The molecule has 0 aliphatic carbocycles. The zero-order valence-electron chi connectivity index (χ0n) is 17.8. The molecule has 0 saturated carbocycles. The normalized spacial score (nSPS) is 18.9. The Bertz CT molecular complexity index is 1140. The predicted octanol–water partition coefficient (Wildman–Crippen LogP) is 2.92. The molecule has 3 heterocycles. The summed E-state index contributed by atoms with van der Waals surface area (Å²) in [5.74, 6) is -0.276. The zero-order valence-corrected chi connectivity index (χ0v) is 18.5. The molecular formula is C22H26ClN5O3. The quantitative estimate of drug-likeness (QED) is 0.563. The van der Waals surface area contributed by atoms with Gasteiger partial charge in [0.25, 0.3) is 0 Å². The molecule has 1 aromatic carbocycles. The van der Waals surface area contributed by atoms with Crippen molar-refractivity contribution in [2.75, 3.05) is 31.6 Å². The van der Waals surface area contributed by atoms with E-state index in [0.717, 1.165) is 21.8 Å². The van der Waals surface area contributed by atoms with E-state index in [9.17, 15) is 9.59 Å². The Kier molecular flexibility index (Phi) is 5.88. The van der Waals surface area contributed by atoms with Crippen LogP contribution in [0.2, 0.25) is 5.02 Å². The minimum absolute atomic E-state index is 0.0943. The van der Waals surface area contributed by atoms with Gasteiger partial charge in [-0.05, 0) is 32.0 Å². The van der Waals surface area contributed by atoms with Gasteiger partial charge in [0.15, 0.2) is 0 Å². The molecule has 1 saturated heterocycles. The Hall–Kier alpha value is -2.68. The lowest BCUT2D eigenvalue weighted by Crippen LogP contribution is -2.59. The molecule has 4 rings (SSSR count). The monoisotopic (exact) mass is 443 g/mol. The maximum atomic E-state index is 13.3. The van der Waals surface area contributed by atoms with Crippen LogP contribution >= 0.6 is 11.6 Å². The highest BCUT2D eigenvalue weighted by molar-refractivity contribution is 6.33. The van der Waals surface area contributed by atoms with Crippen LogP contribution in [-0.4, -0.2) is 64.6 Å². The molecule has 2 amide bonds. The van der Waals surface area contributed by atoms with E-state index in [1.165, 1.54) is 6.92 Å². The number of benzene rings is 1. The molecule has 3 aromatic rings. The van der Waals surface area contributed by atoms with Crippen LogP contribution in [0.1, 0.15) is 20.8 Å². The van der Waals surface area contributed by atoms with Crippen molar-refractivity contribution in [1.82, 2.24) is 20.2 Å². The maximum Gasteiger partial charge on any atom is 0.244 e. The van der Waals surface area contributed by atoms with Gasteiger partial charge in [0, 0.05) is 48.5 Å². The van der Waals surface area contributed by atoms with E-state index in [0.29, 0.717) is 30.3 Å². The lowest BCUT2D eigenvalue weighted by atomic mass is 10.0. The van der Waals surface area contributed by atoms with Crippen molar-refractivity contribution in [2.24, 2.45) is 0 Å². The highest BCUT2D eigenvalue weighted by Gasteiger charge is 2.37. The molecule has 2 aromatic heterocycles. The lowest BCUT2D eigenvalue weighted by molar-refractivity contribution is -0.143. The topological polar surface area (TPSA) is 99.4 Å². The molecule has 31 heavy (non-hydrogen) atoms. The Morgan fingerprint density at radius 1 is 1.35 bits per heavy atom. The number of rotatable bonds is 5. The van der Waals surface area contributed by atoms with Crippen LogP contribution in [0.15, 0.2) is 30.6 Å². The first-order chi connectivity index (χ1) is 14.7. The molecule has 1 fully saturated rings. The largest absolute Gasteiger partial charge is 0.372 e. The summed E-state index contributed by atoms with van der Waals surface area (Å²) in [5, 5.41) is 8.26. The highest BCUT2D eigenvalue weighted by Crippen LogP contribution is 2.33. The number of hydrogen-bond acceptors (Lipinski definition) is 5. The van der Waals surface area contributed by atoms with E-state index >= 15 is 0 Å². The van der Waals surface area contributed by atoms with Gasteiger partial charge in [-0.25, -0.2) is 0 Å². The van der Waals surface area contributed by atoms with Crippen LogP contribution < -0.4 is 10.6 Å². The van der Waals surface area contributed by atoms with Crippen molar-refractivity contribution in [3.8, 4) is 0 Å². The Labute approximate surface area is 185 Å². The number of anilines is 1. The molecule has 9 heteroatoms. The van der Waals surface area contributed by atoms with Crippen LogP contribution in [-0.2, 0) is 14.3 Å². The molecule has 1 aliphatic heterocycles. The number of carbonyl (C=O) groups is 2. The van der Waals surface area contributed by atoms with Gasteiger partial charge in [0.05, 0.1) is 35.1 Å². The summed E-state index contributed by atoms with van der Waals surface area (Å²) >= 11 is 6.36. The number of hydrogen-bond donors (Lipinski definition) is 3. The summed E-state index contributed by atoms with van der Waals surface area (Å²) < 4.78 is 5.92. The molecule has 0 unspecified atom stereocenters. The van der Waals surface area contributed by atoms with Crippen molar-refractivity contribution < 1.29 is 14.3 Å². The van der Waals surface area contributed by atoms with Crippen LogP contribution in [0.25, 0.3) is 21.8 Å². The van der Waals surface area contributed by atoms with Crippen LogP contribution in [0.4, 0.5) is 5.69 Å². The second-order valence-corrected chi connectivity index (χ2v) is 8.89. The molecule has 1 atom stereocenters. The van der Waals surface area contributed by atoms with Gasteiger partial charge < -0.3 is 20.4 Å². The second-order valence-electron chi connectivity index (χ2n) is 8.45. The fourth-order valence-electron chi connectivity index (χ4n) is 4.04. The van der Waals surface area contributed by atoms with Gasteiger partial charge in [-0.2, -0.15) is 0 Å². The number of pyridine rings is 1. The maximum absolute atomic E-state index is 13.3. The first-order valence-corrected chi connectivity index (χ1v) is 10.6. The van der Waals surface area contributed by atoms with E-state index < -0.39 is 6.04 Å². The van der Waals surface area contributed by atoms with E-state index in [-0.39, 0.29) is 24.0 Å². The average Bonchev–Trinajstić information content (AvgIpc) is 3.06. The molecule has 3 N–H and O–H groups in total. The molecule has 8 nitrogen and oxygen atoms in total. The minimum Gasteiger partial charge on any atom is -0.372 e. The minimum atomic E-state index is -0.484. The first kappa shape index (κ1) is 21.5. The predicted molar refractivity (Wildman–Crippen MR) is 121 cm³/mol. The van der Waals surface area contributed by atoms with Crippen LogP contribution in [0, 0.1) is 0 Å². The van der Waals surface area contributed by atoms with Crippen molar-refractivity contribution >= 4 is 50.9 Å². The number of carbonyl (C=O) groups excluding carboxylic acids is 2. The van der Waals surface area contributed by atoms with Crippen molar-refractivity contribution in [3.05, 3.63) is 35.6 Å². The van der Waals surface area contributed by atoms with E-state index in [1.54, 1.807) is 18.5 Å². The highest BCUT2D eigenvalue weighted by atomic mass is 35.5. The third-order valence-electron chi connectivity index (χ3n) is 5.46. The zero-order chi connectivity index (χ0) is 22.2. The fraction of sp³-hybridized carbons (Fsp3) is 0.409. The standard InChI is InChI=1S/C22H26ClN5O3/c1-13(29)25-6-7-28-12-22(2,3)31-11-19(28)21(30)27-17-9-14(23)8-16-15-4-5-24-10-18(15)26-20(16)17/h4-5,8-10,19,26H,6-7,11-12H2,1-3H3,(H,25,29)(H,27,30)/t19-/m0/s1. The molecule has 0 bridgehead atoms. The van der Waals surface area contributed by atoms with E-state index in [1.807, 2.05) is 30.9 Å². The lowest BCUT2D eigenvalue weighted by Gasteiger charge is -2.42. The summed E-state index contributed by atoms with van der Waals surface area (Å²) in [7, 11) is 0. The van der Waals surface area contributed by atoms with Gasteiger partial charge in [0.2, 0.25) is 11.8 Å². The molecule has 164 valence electrons. The Morgan fingerprint density at radius 3 is 2.94 bits per heavy atom. The molecule has 0 spiro atoms. The Balaban J connectivity index is 1.60. The van der Waals surface area contributed by atoms with Crippen molar-refractivity contribution in [3.63, 3.8) is 0 Å². The first-order valence-electron chi connectivity index (χ1n) is 10.2. The third-order valence-corrected chi connectivity index (χ3v) is 5.68. The summed E-state index contributed by atoms with van der Waals surface area (Å²) in [6, 6.07) is 5.04. The summed E-state index contributed by atoms with van der Waals surface area (Å²) in [5.41, 5.74) is 1.90. The number of morpholine rings is 1. The number of aromatic nitrogens is 2. The van der Waals surface area contributed by atoms with E-state index in [2.05, 4.69) is 20.6 Å². The molecular weight excluding hydrogens is 418 g/mol. The Morgan fingerprint density at radius 2 is 2.16 bits per heavy atom. The van der Waals surface area contributed by atoms with Gasteiger partial charge in [0.1, 0.15) is 6.04 Å². The molecule has 0 radical (unpaired) electrons.